The number of carbonyl (C=O) groups excluding carboxylic acids is 1. The molecule has 1 amide bonds. The molecule has 0 saturated heterocycles. The number of hydrogen-bond acceptors (Lipinski definition) is 4. The molecule has 0 saturated carbocycles. The number of nitrogens with zero attached hydrogens (tertiary/aromatic N) is 4. The third kappa shape index (κ3) is 2.99. The summed E-state index contributed by atoms with van der Waals surface area (Å²) in [6, 6.07) is 7.83. The van der Waals surface area contributed by atoms with E-state index in [1.165, 1.54) is 0 Å². The fourth-order valence-electron chi connectivity index (χ4n) is 3.41. The van der Waals surface area contributed by atoms with Gasteiger partial charge < -0.3 is 9.88 Å². The molecule has 128 valence electrons. The Bertz CT molecular complexity index is 960. The SMILES string of the molecule is Cc1ccc2nc(C)cc(C(=O)NCc3nnc4n3CCCC4)c2c1. The zero-order valence-corrected chi connectivity index (χ0v) is 14.5. The summed E-state index contributed by atoms with van der Waals surface area (Å²) < 4.78 is 2.13. The van der Waals surface area contributed by atoms with Crippen LogP contribution in [0.15, 0.2) is 24.3 Å². The zero-order chi connectivity index (χ0) is 17.4. The van der Waals surface area contributed by atoms with Crippen molar-refractivity contribution in [3.8, 4) is 0 Å². The molecule has 0 aliphatic carbocycles. The minimum absolute atomic E-state index is 0.103. The van der Waals surface area contributed by atoms with Crippen LogP contribution in [0.5, 0.6) is 0 Å². The third-order valence-electron chi connectivity index (χ3n) is 4.68. The Labute approximate surface area is 146 Å². The highest BCUT2D eigenvalue weighted by molar-refractivity contribution is 6.06. The van der Waals surface area contributed by atoms with Crippen molar-refractivity contribution in [2.75, 3.05) is 0 Å². The van der Waals surface area contributed by atoms with Crippen LogP contribution >= 0.6 is 0 Å². The molecule has 4 rings (SSSR count). The molecular weight excluding hydrogens is 314 g/mol. The predicted molar refractivity (Wildman–Crippen MR) is 95.3 cm³/mol. The first-order valence-electron chi connectivity index (χ1n) is 8.69. The highest BCUT2D eigenvalue weighted by Gasteiger charge is 2.17. The number of aryl methyl sites for hydroxylation is 3. The Morgan fingerprint density at radius 2 is 2.08 bits per heavy atom. The van der Waals surface area contributed by atoms with E-state index in [4.69, 9.17) is 0 Å². The Balaban J connectivity index is 1.60. The van der Waals surface area contributed by atoms with Crippen LogP contribution in [0.3, 0.4) is 0 Å². The molecule has 0 spiro atoms. The third-order valence-corrected chi connectivity index (χ3v) is 4.68. The van der Waals surface area contributed by atoms with E-state index >= 15 is 0 Å². The van der Waals surface area contributed by atoms with Gasteiger partial charge in [0.15, 0.2) is 5.82 Å². The van der Waals surface area contributed by atoms with Gasteiger partial charge in [0.2, 0.25) is 0 Å². The summed E-state index contributed by atoms with van der Waals surface area (Å²) >= 11 is 0. The summed E-state index contributed by atoms with van der Waals surface area (Å²) in [4.78, 5) is 17.3. The number of amides is 1. The minimum atomic E-state index is -0.103. The van der Waals surface area contributed by atoms with E-state index in [-0.39, 0.29) is 5.91 Å². The number of fused-ring (bicyclic) bond motifs is 2. The normalized spacial score (nSPS) is 13.7. The number of hydrogen-bond donors (Lipinski definition) is 1. The van der Waals surface area contributed by atoms with E-state index < -0.39 is 0 Å². The van der Waals surface area contributed by atoms with Gasteiger partial charge in [-0.05, 0) is 44.9 Å². The molecule has 0 bridgehead atoms. The number of benzene rings is 1. The van der Waals surface area contributed by atoms with Crippen molar-refractivity contribution in [2.45, 2.75) is 46.2 Å². The van der Waals surface area contributed by atoms with Crippen LogP contribution in [0, 0.1) is 13.8 Å². The van der Waals surface area contributed by atoms with Gasteiger partial charge in [0, 0.05) is 24.0 Å². The van der Waals surface area contributed by atoms with Crippen molar-refractivity contribution in [3.63, 3.8) is 0 Å². The maximum Gasteiger partial charge on any atom is 0.252 e. The largest absolute Gasteiger partial charge is 0.345 e. The average Bonchev–Trinajstić information content (AvgIpc) is 3.02. The summed E-state index contributed by atoms with van der Waals surface area (Å²) in [5, 5.41) is 12.4. The first-order chi connectivity index (χ1) is 12.1. The number of nitrogens with one attached hydrogen (secondary N) is 1. The average molecular weight is 335 g/mol. The molecule has 2 aromatic heterocycles. The van der Waals surface area contributed by atoms with Crippen molar-refractivity contribution in [2.24, 2.45) is 0 Å². The molecule has 0 unspecified atom stereocenters. The first kappa shape index (κ1) is 15.7. The maximum atomic E-state index is 12.8. The fourth-order valence-corrected chi connectivity index (χ4v) is 3.41. The van der Waals surface area contributed by atoms with Crippen LogP contribution < -0.4 is 5.32 Å². The van der Waals surface area contributed by atoms with Gasteiger partial charge in [-0.1, -0.05) is 11.6 Å². The van der Waals surface area contributed by atoms with Crippen LogP contribution in [0.25, 0.3) is 10.9 Å². The van der Waals surface area contributed by atoms with Gasteiger partial charge >= 0.3 is 0 Å². The molecule has 1 aliphatic heterocycles. The van der Waals surface area contributed by atoms with Crippen LogP contribution in [0.2, 0.25) is 0 Å². The van der Waals surface area contributed by atoms with E-state index in [1.54, 1.807) is 0 Å². The molecule has 6 heteroatoms. The second kappa shape index (κ2) is 6.27. The highest BCUT2D eigenvalue weighted by Crippen LogP contribution is 2.20. The lowest BCUT2D eigenvalue weighted by atomic mass is 10.0. The van der Waals surface area contributed by atoms with E-state index in [0.717, 1.165) is 59.6 Å². The predicted octanol–water partition coefficient (Wildman–Crippen LogP) is 2.71. The van der Waals surface area contributed by atoms with Crippen molar-refractivity contribution < 1.29 is 4.79 Å². The molecule has 1 aliphatic rings. The van der Waals surface area contributed by atoms with Crippen molar-refractivity contribution >= 4 is 16.8 Å². The molecule has 0 atom stereocenters. The minimum Gasteiger partial charge on any atom is -0.345 e. The second-order valence-corrected chi connectivity index (χ2v) is 6.66. The number of aromatic nitrogens is 4. The fraction of sp³-hybridized carbons (Fsp3) is 0.368. The van der Waals surface area contributed by atoms with Crippen LogP contribution in [0.4, 0.5) is 0 Å². The second-order valence-electron chi connectivity index (χ2n) is 6.66. The van der Waals surface area contributed by atoms with Crippen molar-refractivity contribution in [3.05, 3.63) is 52.7 Å². The molecule has 3 aromatic rings. The lowest BCUT2D eigenvalue weighted by Gasteiger charge is -2.15. The van der Waals surface area contributed by atoms with Gasteiger partial charge in [-0.25, -0.2) is 0 Å². The highest BCUT2D eigenvalue weighted by atomic mass is 16.1. The smallest absolute Gasteiger partial charge is 0.252 e. The van der Waals surface area contributed by atoms with Gasteiger partial charge in [0.05, 0.1) is 17.6 Å². The lowest BCUT2D eigenvalue weighted by molar-refractivity contribution is 0.0951. The number of carbonyl (C=O) groups is 1. The summed E-state index contributed by atoms with van der Waals surface area (Å²) in [5.41, 5.74) is 3.44. The van der Waals surface area contributed by atoms with Crippen LogP contribution in [-0.4, -0.2) is 25.7 Å². The summed E-state index contributed by atoms with van der Waals surface area (Å²) in [6.45, 7) is 5.25. The Kier molecular flexibility index (Phi) is 3.95. The summed E-state index contributed by atoms with van der Waals surface area (Å²) in [6.07, 6.45) is 3.26. The topological polar surface area (TPSA) is 72.7 Å². The van der Waals surface area contributed by atoms with E-state index in [9.17, 15) is 4.79 Å². The van der Waals surface area contributed by atoms with Gasteiger partial charge in [-0.15, -0.1) is 10.2 Å². The van der Waals surface area contributed by atoms with E-state index in [2.05, 4.69) is 25.1 Å². The number of pyridine rings is 1. The number of rotatable bonds is 3. The first-order valence-corrected chi connectivity index (χ1v) is 8.69. The molecule has 6 nitrogen and oxygen atoms in total. The standard InChI is InChI=1S/C19H21N5O/c1-12-6-7-16-14(9-12)15(10-13(2)21-16)19(25)20-11-18-23-22-17-5-3-4-8-24(17)18/h6-7,9-10H,3-5,8,11H2,1-2H3,(H,20,25). The Morgan fingerprint density at radius 3 is 2.96 bits per heavy atom. The quantitative estimate of drug-likeness (QED) is 0.799. The molecular formula is C19H21N5O. The monoisotopic (exact) mass is 335 g/mol. The zero-order valence-electron chi connectivity index (χ0n) is 14.5. The van der Waals surface area contributed by atoms with Crippen molar-refractivity contribution in [1.29, 1.82) is 0 Å². The molecule has 1 N–H and O–H groups in total. The summed E-state index contributed by atoms with van der Waals surface area (Å²) in [7, 11) is 0. The molecule has 25 heavy (non-hydrogen) atoms. The van der Waals surface area contributed by atoms with E-state index in [0.29, 0.717) is 12.1 Å². The molecule has 1 aromatic carbocycles. The van der Waals surface area contributed by atoms with Crippen LogP contribution in [0.1, 0.15) is 46.1 Å². The van der Waals surface area contributed by atoms with Crippen LogP contribution in [-0.2, 0) is 19.5 Å². The Morgan fingerprint density at radius 1 is 1.20 bits per heavy atom. The van der Waals surface area contributed by atoms with Gasteiger partial charge in [0.1, 0.15) is 5.82 Å². The maximum absolute atomic E-state index is 12.8. The molecule has 0 fully saturated rings. The van der Waals surface area contributed by atoms with Crippen molar-refractivity contribution in [1.82, 2.24) is 25.1 Å². The van der Waals surface area contributed by atoms with E-state index in [1.807, 2.05) is 38.1 Å². The Hall–Kier alpha value is -2.76. The van der Waals surface area contributed by atoms with Gasteiger partial charge in [-0.3, -0.25) is 9.78 Å². The molecule has 0 radical (unpaired) electrons. The summed E-state index contributed by atoms with van der Waals surface area (Å²) in [5.74, 6) is 1.75. The van der Waals surface area contributed by atoms with Gasteiger partial charge in [0.25, 0.3) is 5.91 Å². The lowest BCUT2D eigenvalue weighted by Crippen LogP contribution is -2.26. The molecule has 3 heterocycles. The van der Waals surface area contributed by atoms with Gasteiger partial charge in [-0.2, -0.15) is 0 Å².